The summed E-state index contributed by atoms with van der Waals surface area (Å²) in [5, 5.41) is 2.75. The maximum Gasteiger partial charge on any atom is 0.241 e. The van der Waals surface area contributed by atoms with Crippen molar-refractivity contribution in [2.45, 2.75) is 25.8 Å². The number of halogens is 1. The summed E-state index contributed by atoms with van der Waals surface area (Å²) >= 11 is 0. The van der Waals surface area contributed by atoms with Crippen LogP contribution in [-0.2, 0) is 21.4 Å². The first-order valence-electron chi connectivity index (χ1n) is 9.67. The van der Waals surface area contributed by atoms with Crippen LogP contribution in [0.5, 0.6) is 0 Å². The number of nitrogens with zero attached hydrogens (tertiary/aromatic N) is 2. The maximum absolute atomic E-state index is 13.1. The van der Waals surface area contributed by atoms with Crippen LogP contribution < -0.4 is 14.5 Å². The van der Waals surface area contributed by atoms with Crippen LogP contribution in [0.4, 0.5) is 15.8 Å². The van der Waals surface area contributed by atoms with Gasteiger partial charge in [-0.25, -0.2) is 12.8 Å². The molecule has 3 rings (SSSR count). The zero-order valence-corrected chi connectivity index (χ0v) is 17.3. The molecule has 29 heavy (non-hydrogen) atoms. The Balaban J connectivity index is 1.58. The van der Waals surface area contributed by atoms with Crippen LogP contribution in [0.3, 0.4) is 0 Å². The van der Waals surface area contributed by atoms with Gasteiger partial charge in [0.1, 0.15) is 12.4 Å². The fourth-order valence-corrected chi connectivity index (χ4v) is 4.23. The Morgan fingerprint density at radius 2 is 1.66 bits per heavy atom. The van der Waals surface area contributed by atoms with Crippen LogP contribution in [0.15, 0.2) is 48.5 Å². The van der Waals surface area contributed by atoms with Crippen molar-refractivity contribution < 1.29 is 17.6 Å². The van der Waals surface area contributed by atoms with Crippen LogP contribution in [0.2, 0.25) is 0 Å². The van der Waals surface area contributed by atoms with Gasteiger partial charge in [0.05, 0.1) is 11.9 Å². The van der Waals surface area contributed by atoms with E-state index in [9.17, 15) is 17.6 Å². The fraction of sp³-hybridized carbons (Fsp3) is 0.381. The van der Waals surface area contributed by atoms with Crippen molar-refractivity contribution in [2.75, 3.05) is 35.1 Å². The highest BCUT2D eigenvalue weighted by atomic mass is 32.2. The summed E-state index contributed by atoms with van der Waals surface area (Å²) in [5.74, 6) is -0.903. The number of carbonyl (C=O) groups is 1. The number of hydrogen-bond acceptors (Lipinski definition) is 4. The van der Waals surface area contributed by atoms with Crippen molar-refractivity contribution in [2.24, 2.45) is 0 Å². The zero-order valence-electron chi connectivity index (χ0n) is 16.5. The van der Waals surface area contributed by atoms with E-state index in [1.54, 1.807) is 0 Å². The third-order valence-corrected chi connectivity index (χ3v) is 6.09. The molecule has 1 amide bonds. The molecule has 0 spiro atoms. The van der Waals surface area contributed by atoms with Gasteiger partial charge >= 0.3 is 0 Å². The topological polar surface area (TPSA) is 69.7 Å². The summed E-state index contributed by atoms with van der Waals surface area (Å²) in [4.78, 5) is 14.7. The smallest absolute Gasteiger partial charge is 0.241 e. The second-order valence-electron chi connectivity index (χ2n) is 7.24. The number of benzene rings is 2. The van der Waals surface area contributed by atoms with Gasteiger partial charge < -0.3 is 10.2 Å². The lowest BCUT2D eigenvalue weighted by atomic mass is 10.1. The van der Waals surface area contributed by atoms with E-state index >= 15 is 0 Å². The molecular weight excluding hydrogens is 393 g/mol. The molecule has 0 atom stereocenters. The average Bonchev–Trinajstić information content (AvgIpc) is 2.71. The van der Waals surface area contributed by atoms with Crippen LogP contribution in [0, 0.1) is 5.82 Å². The Bertz CT molecular complexity index is 925. The van der Waals surface area contributed by atoms with Gasteiger partial charge in [-0.2, -0.15) is 0 Å². The van der Waals surface area contributed by atoms with Crippen molar-refractivity contribution in [3.63, 3.8) is 0 Å². The van der Waals surface area contributed by atoms with E-state index in [4.69, 9.17) is 0 Å². The predicted molar refractivity (Wildman–Crippen MR) is 113 cm³/mol. The van der Waals surface area contributed by atoms with Crippen LogP contribution in [-0.4, -0.2) is 40.2 Å². The average molecular weight is 420 g/mol. The molecule has 2 aromatic carbocycles. The molecule has 0 bridgehead atoms. The zero-order chi connectivity index (χ0) is 20.9. The summed E-state index contributed by atoms with van der Waals surface area (Å²) in [7, 11) is -3.68. The minimum absolute atomic E-state index is 0.245. The minimum atomic E-state index is -3.68. The van der Waals surface area contributed by atoms with Gasteiger partial charge in [-0.1, -0.05) is 12.1 Å². The normalized spacial score (nSPS) is 14.5. The van der Waals surface area contributed by atoms with E-state index in [2.05, 4.69) is 10.2 Å². The van der Waals surface area contributed by atoms with Gasteiger partial charge in [0.2, 0.25) is 15.9 Å². The summed E-state index contributed by atoms with van der Waals surface area (Å²) in [6.45, 7) is 2.08. The number of amides is 1. The number of carbonyl (C=O) groups excluding carboxylic acids is 1. The van der Waals surface area contributed by atoms with Crippen molar-refractivity contribution in [3.05, 3.63) is 59.9 Å². The Morgan fingerprint density at radius 3 is 2.24 bits per heavy atom. The number of sulfonamides is 1. The van der Waals surface area contributed by atoms with Gasteiger partial charge in [-0.15, -0.1) is 0 Å². The molecule has 6 nitrogen and oxygen atoms in total. The first-order valence-corrected chi connectivity index (χ1v) is 11.5. The molecule has 0 radical (unpaired) electrons. The monoisotopic (exact) mass is 419 g/mol. The summed E-state index contributed by atoms with van der Waals surface area (Å²) in [5.41, 5.74) is 2.36. The van der Waals surface area contributed by atoms with E-state index in [0.29, 0.717) is 6.54 Å². The lowest BCUT2D eigenvalue weighted by molar-refractivity contribution is -0.119. The molecule has 1 heterocycles. The van der Waals surface area contributed by atoms with Gasteiger partial charge in [0.25, 0.3) is 0 Å². The van der Waals surface area contributed by atoms with E-state index in [-0.39, 0.29) is 12.2 Å². The Kier molecular flexibility index (Phi) is 6.74. The standard InChI is InChI=1S/C21H26FN3O3S/c1-29(27,28)25(20-11-7-18(22)8-12-20)16-21(26)23-15-17-5-9-19(10-6-17)24-13-3-2-4-14-24/h5-12H,2-4,13-16H2,1H3,(H,23,26). The van der Waals surface area contributed by atoms with Crippen molar-refractivity contribution in [3.8, 4) is 0 Å². The number of rotatable bonds is 7. The molecule has 1 aliphatic rings. The summed E-state index contributed by atoms with van der Waals surface area (Å²) in [6.07, 6.45) is 4.72. The minimum Gasteiger partial charge on any atom is -0.372 e. The number of hydrogen-bond donors (Lipinski definition) is 1. The molecule has 0 unspecified atom stereocenters. The Morgan fingerprint density at radius 1 is 1.03 bits per heavy atom. The fourth-order valence-electron chi connectivity index (χ4n) is 3.37. The molecular formula is C21H26FN3O3S. The van der Waals surface area contributed by atoms with E-state index < -0.39 is 21.7 Å². The van der Waals surface area contributed by atoms with Crippen LogP contribution >= 0.6 is 0 Å². The molecule has 0 aliphatic carbocycles. The van der Waals surface area contributed by atoms with E-state index in [1.165, 1.54) is 37.1 Å². The largest absolute Gasteiger partial charge is 0.372 e. The predicted octanol–water partition coefficient (Wildman–Crippen LogP) is 2.90. The molecule has 1 N–H and O–H groups in total. The molecule has 0 saturated carbocycles. The molecule has 1 saturated heterocycles. The number of piperidine rings is 1. The molecule has 8 heteroatoms. The Hall–Kier alpha value is -2.61. The maximum atomic E-state index is 13.1. The van der Waals surface area contributed by atoms with E-state index in [1.807, 2.05) is 24.3 Å². The molecule has 2 aromatic rings. The van der Waals surface area contributed by atoms with Gasteiger partial charge in [-0.05, 0) is 61.2 Å². The number of anilines is 2. The van der Waals surface area contributed by atoms with Crippen LogP contribution in [0.1, 0.15) is 24.8 Å². The van der Waals surface area contributed by atoms with Crippen molar-refractivity contribution in [1.29, 1.82) is 0 Å². The highest BCUT2D eigenvalue weighted by molar-refractivity contribution is 7.92. The van der Waals surface area contributed by atoms with Crippen molar-refractivity contribution in [1.82, 2.24) is 5.32 Å². The lowest BCUT2D eigenvalue weighted by Gasteiger charge is -2.28. The summed E-state index contributed by atoms with van der Waals surface area (Å²) < 4.78 is 38.2. The van der Waals surface area contributed by atoms with Gasteiger partial charge in [-0.3, -0.25) is 9.10 Å². The van der Waals surface area contributed by atoms with Crippen LogP contribution in [0.25, 0.3) is 0 Å². The second kappa shape index (κ2) is 9.26. The molecule has 1 aliphatic heterocycles. The first kappa shape index (κ1) is 21.1. The first-order chi connectivity index (χ1) is 13.8. The second-order valence-corrected chi connectivity index (χ2v) is 9.14. The lowest BCUT2D eigenvalue weighted by Crippen LogP contribution is -2.40. The molecule has 0 aromatic heterocycles. The molecule has 1 fully saturated rings. The Labute approximate surface area is 171 Å². The highest BCUT2D eigenvalue weighted by Gasteiger charge is 2.20. The quantitative estimate of drug-likeness (QED) is 0.749. The molecule has 156 valence electrons. The number of nitrogens with one attached hydrogen (secondary N) is 1. The van der Waals surface area contributed by atoms with Crippen molar-refractivity contribution >= 4 is 27.3 Å². The SMILES string of the molecule is CS(=O)(=O)N(CC(=O)NCc1ccc(N2CCCCC2)cc1)c1ccc(F)cc1. The van der Waals surface area contributed by atoms with Gasteiger partial charge in [0, 0.05) is 25.3 Å². The van der Waals surface area contributed by atoms with Gasteiger partial charge in [0.15, 0.2) is 0 Å². The third-order valence-electron chi connectivity index (χ3n) is 4.95. The highest BCUT2D eigenvalue weighted by Crippen LogP contribution is 2.20. The third kappa shape index (κ3) is 5.93. The van der Waals surface area contributed by atoms with E-state index in [0.717, 1.165) is 41.3 Å². The summed E-state index contributed by atoms with van der Waals surface area (Å²) in [6, 6.07) is 13.0.